The third-order valence-corrected chi connectivity index (χ3v) is 4.20. The van der Waals surface area contributed by atoms with Crippen LogP contribution >= 0.6 is 24.0 Å². The van der Waals surface area contributed by atoms with E-state index in [-0.39, 0.29) is 24.0 Å². The minimum Gasteiger partial charge on any atom is -0.357 e. The number of benzene rings is 1. The first-order valence-electron chi connectivity index (χ1n) is 8.68. The fourth-order valence-corrected chi connectivity index (χ4v) is 2.97. The lowest BCUT2D eigenvalue weighted by Gasteiger charge is -2.11. The minimum atomic E-state index is 0. The zero-order valence-corrected chi connectivity index (χ0v) is 17.9. The Labute approximate surface area is 171 Å². The summed E-state index contributed by atoms with van der Waals surface area (Å²) in [6.07, 6.45) is 0.995. The molecule has 0 bridgehead atoms. The van der Waals surface area contributed by atoms with E-state index < -0.39 is 0 Å². The number of fused-ring (bicyclic) bond motifs is 1. The van der Waals surface area contributed by atoms with Gasteiger partial charge >= 0.3 is 0 Å². The summed E-state index contributed by atoms with van der Waals surface area (Å²) in [6, 6.07) is 12.6. The molecule has 0 saturated heterocycles. The fourth-order valence-electron chi connectivity index (χ4n) is 2.97. The molecular formula is C19H27IN6. The Morgan fingerprint density at radius 2 is 2.00 bits per heavy atom. The van der Waals surface area contributed by atoms with Crippen LogP contribution in [-0.4, -0.2) is 34.3 Å². The van der Waals surface area contributed by atoms with Crippen LogP contribution in [0.1, 0.15) is 23.5 Å². The zero-order chi connectivity index (χ0) is 17.6. The van der Waals surface area contributed by atoms with Crippen LogP contribution in [0.3, 0.4) is 0 Å². The number of aromatic nitrogens is 3. The van der Waals surface area contributed by atoms with Crippen molar-refractivity contribution in [2.75, 3.05) is 13.6 Å². The normalized spacial score (nSPS) is 11.4. The predicted octanol–water partition coefficient (Wildman–Crippen LogP) is 3.35. The molecule has 0 spiro atoms. The van der Waals surface area contributed by atoms with Gasteiger partial charge in [-0.2, -0.15) is 5.10 Å². The van der Waals surface area contributed by atoms with E-state index in [1.807, 2.05) is 13.0 Å². The number of rotatable bonds is 6. The summed E-state index contributed by atoms with van der Waals surface area (Å²) in [5.74, 6) is 0.812. The zero-order valence-electron chi connectivity index (χ0n) is 15.5. The highest BCUT2D eigenvalue weighted by molar-refractivity contribution is 14.0. The van der Waals surface area contributed by atoms with Gasteiger partial charge in [0.05, 0.1) is 12.2 Å². The van der Waals surface area contributed by atoms with E-state index in [1.165, 1.54) is 11.1 Å². The van der Waals surface area contributed by atoms with Crippen LogP contribution in [0, 0.1) is 13.8 Å². The molecule has 1 aromatic carbocycles. The average Bonchev–Trinajstić information content (AvgIpc) is 3.16. The van der Waals surface area contributed by atoms with Gasteiger partial charge in [0.2, 0.25) is 0 Å². The molecule has 3 rings (SSSR count). The number of H-pyrrole nitrogens is 1. The number of guanidine groups is 1. The van der Waals surface area contributed by atoms with Crippen LogP contribution < -0.4 is 10.6 Å². The SMILES string of the molecule is CN=C(NCCCn1nc(C)cc1C)NCc1cc2ccccc2[nH]1.I. The van der Waals surface area contributed by atoms with Crippen LogP contribution in [0.5, 0.6) is 0 Å². The second-order valence-corrected chi connectivity index (χ2v) is 6.24. The topological polar surface area (TPSA) is 70.0 Å². The highest BCUT2D eigenvalue weighted by Gasteiger charge is 2.03. The summed E-state index contributed by atoms with van der Waals surface area (Å²) in [5.41, 5.74) is 4.58. The molecular weight excluding hydrogens is 439 g/mol. The molecule has 0 fully saturated rings. The smallest absolute Gasteiger partial charge is 0.191 e. The van der Waals surface area contributed by atoms with Crippen molar-refractivity contribution in [1.29, 1.82) is 0 Å². The number of halogens is 1. The van der Waals surface area contributed by atoms with Crippen molar-refractivity contribution in [3.63, 3.8) is 0 Å². The number of nitrogens with zero attached hydrogens (tertiary/aromatic N) is 3. The van der Waals surface area contributed by atoms with Gasteiger partial charge in [-0.05, 0) is 43.9 Å². The highest BCUT2D eigenvalue weighted by Crippen LogP contribution is 2.14. The Morgan fingerprint density at radius 1 is 1.19 bits per heavy atom. The third kappa shape index (κ3) is 5.23. The number of hydrogen-bond donors (Lipinski definition) is 3. The van der Waals surface area contributed by atoms with Crippen molar-refractivity contribution >= 4 is 40.8 Å². The first-order chi connectivity index (χ1) is 12.2. The lowest BCUT2D eigenvalue weighted by atomic mass is 10.2. The van der Waals surface area contributed by atoms with Gasteiger partial charge in [-0.25, -0.2) is 0 Å². The second-order valence-electron chi connectivity index (χ2n) is 6.24. The summed E-state index contributed by atoms with van der Waals surface area (Å²) in [6.45, 7) is 6.59. The molecule has 3 aromatic rings. The molecule has 0 amide bonds. The quantitative estimate of drug-likeness (QED) is 0.226. The molecule has 0 saturated carbocycles. The molecule has 2 aromatic heterocycles. The van der Waals surface area contributed by atoms with Crippen LogP contribution in [-0.2, 0) is 13.1 Å². The Morgan fingerprint density at radius 3 is 2.69 bits per heavy atom. The van der Waals surface area contributed by atoms with Gasteiger partial charge in [0.1, 0.15) is 0 Å². The monoisotopic (exact) mass is 466 g/mol. The van der Waals surface area contributed by atoms with E-state index in [9.17, 15) is 0 Å². The first kappa shape index (κ1) is 20.3. The maximum Gasteiger partial charge on any atom is 0.191 e. The number of aryl methyl sites for hydroxylation is 3. The molecule has 0 unspecified atom stereocenters. The summed E-state index contributed by atoms with van der Waals surface area (Å²) < 4.78 is 2.05. The predicted molar refractivity (Wildman–Crippen MR) is 118 cm³/mol. The molecule has 3 N–H and O–H groups in total. The third-order valence-electron chi connectivity index (χ3n) is 4.20. The number of aromatic amines is 1. The molecule has 0 radical (unpaired) electrons. The van der Waals surface area contributed by atoms with Gasteiger partial charge in [0, 0.05) is 37.0 Å². The van der Waals surface area contributed by atoms with Gasteiger partial charge < -0.3 is 15.6 Å². The standard InChI is InChI=1S/C19H26N6.HI/c1-14-11-15(2)25(24-14)10-6-9-21-19(20-3)22-13-17-12-16-7-4-5-8-18(16)23-17;/h4-5,7-8,11-12,23H,6,9-10,13H2,1-3H3,(H2,20,21,22);1H. The molecule has 2 heterocycles. The molecule has 6 nitrogen and oxygen atoms in total. The van der Waals surface area contributed by atoms with Crippen LogP contribution in [0.2, 0.25) is 0 Å². The summed E-state index contributed by atoms with van der Waals surface area (Å²) >= 11 is 0. The average molecular weight is 466 g/mol. The van der Waals surface area contributed by atoms with E-state index in [0.717, 1.165) is 42.4 Å². The van der Waals surface area contributed by atoms with Crippen LogP contribution in [0.25, 0.3) is 10.9 Å². The van der Waals surface area contributed by atoms with E-state index >= 15 is 0 Å². The van der Waals surface area contributed by atoms with Crippen LogP contribution in [0.15, 0.2) is 41.4 Å². The van der Waals surface area contributed by atoms with Crippen LogP contribution in [0.4, 0.5) is 0 Å². The van der Waals surface area contributed by atoms with E-state index in [4.69, 9.17) is 0 Å². The van der Waals surface area contributed by atoms with Gasteiger partial charge in [-0.3, -0.25) is 9.67 Å². The highest BCUT2D eigenvalue weighted by atomic mass is 127. The van der Waals surface area contributed by atoms with Crippen molar-refractivity contribution in [2.45, 2.75) is 33.4 Å². The van der Waals surface area contributed by atoms with Crippen molar-refractivity contribution in [3.05, 3.63) is 53.5 Å². The van der Waals surface area contributed by atoms with Crippen molar-refractivity contribution < 1.29 is 0 Å². The maximum absolute atomic E-state index is 4.48. The molecule has 7 heteroatoms. The Bertz CT molecular complexity index is 831. The molecule has 0 aliphatic carbocycles. The summed E-state index contributed by atoms with van der Waals surface area (Å²) in [5, 5.41) is 12.4. The van der Waals surface area contributed by atoms with E-state index in [1.54, 1.807) is 7.05 Å². The number of aliphatic imine (C=N–C) groups is 1. The van der Waals surface area contributed by atoms with Crippen molar-refractivity contribution in [2.24, 2.45) is 4.99 Å². The molecule has 26 heavy (non-hydrogen) atoms. The molecule has 0 aliphatic heterocycles. The number of para-hydroxylation sites is 1. The Hall–Kier alpha value is -2.03. The van der Waals surface area contributed by atoms with Gasteiger partial charge in [0.15, 0.2) is 5.96 Å². The van der Waals surface area contributed by atoms with Gasteiger partial charge in [-0.1, -0.05) is 18.2 Å². The first-order valence-corrected chi connectivity index (χ1v) is 8.68. The largest absolute Gasteiger partial charge is 0.357 e. The second kappa shape index (κ2) is 9.61. The minimum absolute atomic E-state index is 0. The van der Waals surface area contributed by atoms with Gasteiger partial charge in [0.25, 0.3) is 0 Å². The lowest BCUT2D eigenvalue weighted by molar-refractivity contribution is 0.555. The molecule has 140 valence electrons. The number of nitrogens with one attached hydrogen (secondary N) is 3. The Balaban J connectivity index is 0.00000243. The molecule has 0 atom stereocenters. The lowest BCUT2D eigenvalue weighted by Crippen LogP contribution is -2.37. The van der Waals surface area contributed by atoms with E-state index in [0.29, 0.717) is 6.54 Å². The molecule has 0 aliphatic rings. The van der Waals surface area contributed by atoms with E-state index in [2.05, 4.69) is 67.6 Å². The maximum atomic E-state index is 4.48. The van der Waals surface area contributed by atoms with Crippen molar-refractivity contribution in [3.8, 4) is 0 Å². The van der Waals surface area contributed by atoms with Gasteiger partial charge in [-0.15, -0.1) is 24.0 Å². The fraction of sp³-hybridized carbons (Fsp3) is 0.368. The Kier molecular flexibility index (Phi) is 7.50. The summed E-state index contributed by atoms with van der Waals surface area (Å²) in [7, 11) is 1.79. The number of hydrogen-bond acceptors (Lipinski definition) is 2. The summed E-state index contributed by atoms with van der Waals surface area (Å²) in [4.78, 5) is 7.70. The van der Waals surface area contributed by atoms with Crippen molar-refractivity contribution in [1.82, 2.24) is 25.4 Å².